The van der Waals surface area contributed by atoms with E-state index in [0.29, 0.717) is 10.5 Å². The molecule has 0 atom stereocenters. The van der Waals surface area contributed by atoms with Crippen LogP contribution in [0.25, 0.3) is 11.5 Å². The second kappa shape index (κ2) is 8.12. The van der Waals surface area contributed by atoms with Crippen LogP contribution in [0.15, 0.2) is 54.9 Å². The van der Waals surface area contributed by atoms with Crippen molar-refractivity contribution < 1.29 is 18.0 Å². The summed E-state index contributed by atoms with van der Waals surface area (Å²) < 4.78 is 43.7. The standard InChI is InChI=1S/C21H16ClF3N6O/c1-12-8-13(2)30(29-12)18-7-6-15(10-26-18)28-20(32)17-11-27-31(19(17)21(23,24)25)16-5-3-4-14(22)9-16/h3-11H,1-2H3,(H,28,32). The van der Waals surface area contributed by atoms with E-state index in [0.717, 1.165) is 17.6 Å². The van der Waals surface area contributed by atoms with Gasteiger partial charge in [-0.05, 0) is 50.2 Å². The fraction of sp³-hybridized carbons (Fsp3) is 0.143. The summed E-state index contributed by atoms with van der Waals surface area (Å²) in [5.41, 5.74) is 0.168. The third-order valence-corrected chi connectivity index (χ3v) is 4.80. The van der Waals surface area contributed by atoms with Gasteiger partial charge >= 0.3 is 6.18 Å². The highest BCUT2D eigenvalue weighted by Gasteiger charge is 2.40. The second-order valence-corrected chi connectivity index (χ2v) is 7.43. The molecule has 0 unspecified atom stereocenters. The van der Waals surface area contributed by atoms with Gasteiger partial charge in [0.05, 0.1) is 35.0 Å². The second-order valence-electron chi connectivity index (χ2n) is 6.99. The molecule has 1 N–H and O–H groups in total. The maximum atomic E-state index is 13.8. The summed E-state index contributed by atoms with van der Waals surface area (Å²) in [5.74, 6) is -0.454. The van der Waals surface area contributed by atoms with Crippen molar-refractivity contribution in [3.63, 3.8) is 0 Å². The number of benzene rings is 1. The van der Waals surface area contributed by atoms with Gasteiger partial charge in [-0.3, -0.25) is 4.79 Å². The van der Waals surface area contributed by atoms with Crippen LogP contribution in [0.1, 0.15) is 27.4 Å². The molecule has 0 aliphatic carbocycles. The van der Waals surface area contributed by atoms with Crippen LogP contribution in [-0.4, -0.2) is 30.5 Å². The van der Waals surface area contributed by atoms with E-state index in [1.807, 2.05) is 19.9 Å². The quantitative estimate of drug-likeness (QED) is 0.465. The molecule has 1 amide bonds. The maximum Gasteiger partial charge on any atom is 0.434 e. The number of alkyl halides is 3. The number of nitrogens with one attached hydrogen (secondary N) is 1. The number of pyridine rings is 1. The Labute approximate surface area is 185 Å². The summed E-state index contributed by atoms with van der Waals surface area (Å²) in [5, 5.41) is 10.8. The largest absolute Gasteiger partial charge is 0.434 e. The van der Waals surface area contributed by atoms with E-state index >= 15 is 0 Å². The van der Waals surface area contributed by atoms with Gasteiger partial charge in [0.2, 0.25) is 0 Å². The molecule has 7 nitrogen and oxygen atoms in total. The average molecular weight is 461 g/mol. The Morgan fingerprint density at radius 2 is 1.84 bits per heavy atom. The average Bonchev–Trinajstić information content (AvgIpc) is 3.32. The molecule has 0 saturated heterocycles. The van der Waals surface area contributed by atoms with E-state index in [9.17, 15) is 18.0 Å². The first-order chi connectivity index (χ1) is 15.1. The Bertz CT molecular complexity index is 1290. The van der Waals surface area contributed by atoms with E-state index in [2.05, 4.69) is 20.5 Å². The molecule has 0 bridgehead atoms. The van der Waals surface area contributed by atoms with E-state index in [-0.39, 0.29) is 16.4 Å². The number of carbonyl (C=O) groups excluding carboxylic acids is 1. The van der Waals surface area contributed by atoms with Crippen LogP contribution < -0.4 is 5.32 Å². The molecule has 1 aromatic carbocycles. The smallest absolute Gasteiger partial charge is 0.320 e. The molecule has 0 aliphatic heterocycles. The van der Waals surface area contributed by atoms with Crippen LogP contribution in [0.3, 0.4) is 0 Å². The Balaban J connectivity index is 1.63. The van der Waals surface area contributed by atoms with Crippen LogP contribution in [-0.2, 0) is 6.18 Å². The molecule has 0 fully saturated rings. The van der Waals surface area contributed by atoms with Crippen LogP contribution in [0.5, 0.6) is 0 Å². The van der Waals surface area contributed by atoms with Gasteiger partial charge in [-0.2, -0.15) is 23.4 Å². The summed E-state index contributed by atoms with van der Waals surface area (Å²) in [4.78, 5) is 16.9. The molecular weight excluding hydrogens is 445 g/mol. The monoisotopic (exact) mass is 460 g/mol. The molecule has 0 aliphatic rings. The van der Waals surface area contributed by atoms with Crippen molar-refractivity contribution in [3.05, 3.63) is 82.5 Å². The number of aryl methyl sites for hydroxylation is 2. The molecule has 0 radical (unpaired) electrons. The first kappa shape index (κ1) is 21.6. The van der Waals surface area contributed by atoms with Gasteiger partial charge in [0.25, 0.3) is 5.91 Å². The van der Waals surface area contributed by atoms with Crippen molar-refractivity contribution >= 4 is 23.2 Å². The zero-order chi connectivity index (χ0) is 23.0. The van der Waals surface area contributed by atoms with Crippen molar-refractivity contribution in [2.75, 3.05) is 5.32 Å². The normalized spacial score (nSPS) is 11.6. The van der Waals surface area contributed by atoms with Gasteiger partial charge < -0.3 is 5.32 Å². The number of hydrogen-bond acceptors (Lipinski definition) is 4. The molecule has 164 valence electrons. The van der Waals surface area contributed by atoms with Gasteiger partial charge in [-0.15, -0.1) is 0 Å². The number of anilines is 1. The Hall–Kier alpha value is -3.66. The van der Waals surface area contributed by atoms with Crippen molar-refractivity contribution in [3.8, 4) is 11.5 Å². The van der Waals surface area contributed by atoms with Gasteiger partial charge in [0, 0.05) is 10.7 Å². The first-order valence-corrected chi connectivity index (χ1v) is 9.73. The summed E-state index contributed by atoms with van der Waals surface area (Å²) in [6.45, 7) is 3.72. The topological polar surface area (TPSA) is 77.6 Å². The first-order valence-electron chi connectivity index (χ1n) is 9.35. The number of amides is 1. The fourth-order valence-corrected chi connectivity index (χ4v) is 3.42. The lowest BCUT2D eigenvalue weighted by atomic mass is 10.2. The van der Waals surface area contributed by atoms with Gasteiger partial charge in [-0.1, -0.05) is 17.7 Å². The minimum absolute atomic E-state index is 0.0831. The van der Waals surface area contributed by atoms with Crippen molar-refractivity contribution in [2.45, 2.75) is 20.0 Å². The SMILES string of the molecule is Cc1cc(C)n(-c2ccc(NC(=O)c3cnn(-c4cccc(Cl)c4)c3C(F)(F)F)cn2)n1. The minimum atomic E-state index is -4.83. The van der Waals surface area contributed by atoms with E-state index in [1.54, 1.807) is 10.7 Å². The minimum Gasteiger partial charge on any atom is -0.320 e. The molecule has 32 heavy (non-hydrogen) atoms. The number of hydrogen-bond donors (Lipinski definition) is 1. The Kier molecular flexibility index (Phi) is 5.47. The van der Waals surface area contributed by atoms with Gasteiger partial charge in [0.15, 0.2) is 11.5 Å². The zero-order valence-electron chi connectivity index (χ0n) is 16.9. The van der Waals surface area contributed by atoms with Gasteiger partial charge in [-0.25, -0.2) is 14.3 Å². The van der Waals surface area contributed by atoms with Crippen LogP contribution in [0.2, 0.25) is 5.02 Å². The highest BCUT2D eigenvalue weighted by Crippen LogP contribution is 2.34. The maximum absolute atomic E-state index is 13.8. The summed E-state index contributed by atoms with van der Waals surface area (Å²) in [7, 11) is 0. The fourth-order valence-electron chi connectivity index (χ4n) is 3.24. The lowest BCUT2D eigenvalue weighted by molar-refractivity contribution is -0.143. The molecule has 3 heterocycles. The summed E-state index contributed by atoms with van der Waals surface area (Å²) >= 11 is 5.89. The van der Waals surface area contributed by atoms with E-state index in [1.165, 1.54) is 36.5 Å². The van der Waals surface area contributed by atoms with Gasteiger partial charge in [0.1, 0.15) is 0 Å². The Morgan fingerprint density at radius 1 is 1.06 bits per heavy atom. The zero-order valence-corrected chi connectivity index (χ0v) is 17.6. The third-order valence-electron chi connectivity index (χ3n) is 4.57. The van der Waals surface area contributed by atoms with E-state index in [4.69, 9.17) is 11.6 Å². The molecule has 0 spiro atoms. The molecule has 4 rings (SSSR count). The van der Waals surface area contributed by atoms with Crippen molar-refractivity contribution in [1.82, 2.24) is 24.5 Å². The summed E-state index contributed by atoms with van der Waals surface area (Å²) in [6.07, 6.45) is -2.61. The number of aromatic nitrogens is 5. The highest BCUT2D eigenvalue weighted by molar-refractivity contribution is 6.30. The number of halogens is 4. The Morgan fingerprint density at radius 3 is 2.44 bits per heavy atom. The highest BCUT2D eigenvalue weighted by atomic mass is 35.5. The van der Waals surface area contributed by atoms with Crippen LogP contribution >= 0.6 is 11.6 Å². The van der Waals surface area contributed by atoms with Crippen molar-refractivity contribution in [2.24, 2.45) is 0 Å². The molecule has 0 saturated carbocycles. The lowest BCUT2D eigenvalue weighted by Crippen LogP contribution is -2.20. The van der Waals surface area contributed by atoms with Crippen LogP contribution in [0.4, 0.5) is 18.9 Å². The predicted molar refractivity (Wildman–Crippen MR) is 112 cm³/mol. The number of rotatable bonds is 4. The molecule has 3 aromatic heterocycles. The van der Waals surface area contributed by atoms with E-state index < -0.39 is 23.3 Å². The third kappa shape index (κ3) is 4.22. The summed E-state index contributed by atoms with van der Waals surface area (Å²) in [6, 6.07) is 10.8. The number of carbonyl (C=O) groups is 1. The molecule has 11 heteroatoms. The molecular formula is C21H16ClF3N6O. The predicted octanol–water partition coefficient (Wildman–Crippen LogP) is 4.99. The van der Waals surface area contributed by atoms with Crippen LogP contribution in [0, 0.1) is 13.8 Å². The number of nitrogens with zero attached hydrogens (tertiary/aromatic N) is 5. The lowest BCUT2D eigenvalue weighted by Gasteiger charge is -2.13. The van der Waals surface area contributed by atoms with Crippen molar-refractivity contribution in [1.29, 1.82) is 0 Å². The molecule has 4 aromatic rings.